The predicted octanol–water partition coefficient (Wildman–Crippen LogP) is 7.78. The van der Waals surface area contributed by atoms with Crippen LogP contribution in [0, 0.1) is 0 Å². The van der Waals surface area contributed by atoms with Crippen molar-refractivity contribution in [1.29, 1.82) is 0 Å². The number of benzene rings is 4. The first-order valence-electron chi connectivity index (χ1n) is 10.9. The Morgan fingerprint density at radius 1 is 0.594 bits per heavy atom. The van der Waals surface area contributed by atoms with Crippen molar-refractivity contribution in [3.8, 4) is 45.3 Å². The summed E-state index contributed by atoms with van der Waals surface area (Å²) in [7, 11) is 3.37. The molecule has 0 unspecified atom stereocenters. The van der Waals surface area contributed by atoms with E-state index in [4.69, 9.17) is 14.2 Å². The topological polar surface area (TPSA) is 27.7 Å². The van der Waals surface area contributed by atoms with Gasteiger partial charge in [-0.1, -0.05) is 67.9 Å². The van der Waals surface area contributed by atoms with Crippen LogP contribution in [0.15, 0.2) is 91.0 Å². The zero-order valence-electron chi connectivity index (χ0n) is 18.8. The molecule has 0 heterocycles. The van der Waals surface area contributed by atoms with E-state index in [1.165, 1.54) is 5.56 Å². The Balaban J connectivity index is 1.94. The van der Waals surface area contributed by atoms with E-state index < -0.39 is 0 Å². The zero-order valence-corrected chi connectivity index (χ0v) is 18.8. The Hall–Kier alpha value is -3.72. The van der Waals surface area contributed by atoms with Gasteiger partial charge in [0, 0.05) is 11.1 Å². The maximum absolute atomic E-state index is 6.59. The fraction of sp³-hybridized carbons (Fsp3) is 0.172. The van der Waals surface area contributed by atoms with E-state index in [9.17, 15) is 0 Å². The summed E-state index contributed by atoms with van der Waals surface area (Å²) < 4.78 is 17.3. The van der Waals surface area contributed by atoms with Gasteiger partial charge in [-0.3, -0.25) is 0 Å². The van der Waals surface area contributed by atoms with Gasteiger partial charge in [0.05, 0.1) is 14.2 Å². The quantitative estimate of drug-likeness (QED) is 0.289. The molecule has 0 spiro atoms. The van der Waals surface area contributed by atoms with Crippen molar-refractivity contribution in [3.63, 3.8) is 0 Å². The van der Waals surface area contributed by atoms with Crippen molar-refractivity contribution in [2.24, 2.45) is 0 Å². The van der Waals surface area contributed by atoms with Crippen molar-refractivity contribution >= 4 is 0 Å². The Bertz CT molecular complexity index is 1150. The first-order valence-corrected chi connectivity index (χ1v) is 10.9. The molecule has 4 rings (SSSR count). The molecular formula is C29H28O3. The monoisotopic (exact) mass is 424 g/mol. The summed E-state index contributed by atoms with van der Waals surface area (Å²) >= 11 is 0. The number of para-hydroxylation sites is 1. The van der Waals surface area contributed by atoms with Crippen LogP contribution in [0.5, 0.6) is 23.0 Å². The highest BCUT2D eigenvalue weighted by Gasteiger charge is 2.19. The van der Waals surface area contributed by atoms with Gasteiger partial charge >= 0.3 is 0 Å². The summed E-state index contributed by atoms with van der Waals surface area (Å²) in [5, 5.41) is 0. The van der Waals surface area contributed by atoms with Crippen molar-refractivity contribution in [2.75, 3.05) is 14.2 Å². The van der Waals surface area contributed by atoms with Gasteiger partial charge in [-0.05, 0) is 59.5 Å². The molecule has 32 heavy (non-hydrogen) atoms. The van der Waals surface area contributed by atoms with Crippen LogP contribution in [-0.4, -0.2) is 14.2 Å². The van der Waals surface area contributed by atoms with Crippen LogP contribution in [-0.2, 0) is 6.42 Å². The van der Waals surface area contributed by atoms with E-state index in [1.807, 2.05) is 54.6 Å². The fourth-order valence-electron chi connectivity index (χ4n) is 3.89. The molecule has 3 heteroatoms. The average Bonchev–Trinajstić information content (AvgIpc) is 2.85. The smallest absolute Gasteiger partial charge is 0.143 e. The second-order valence-corrected chi connectivity index (χ2v) is 7.60. The van der Waals surface area contributed by atoms with E-state index in [2.05, 4.69) is 43.3 Å². The van der Waals surface area contributed by atoms with Gasteiger partial charge in [-0.15, -0.1) is 0 Å². The second kappa shape index (κ2) is 10.1. The van der Waals surface area contributed by atoms with E-state index in [1.54, 1.807) is 14.2 Å². The Labute approximate surface area is 190 Å². The lowest BCUT2D eigenvalue weighted by Crippen LogP contribution is -1.98. The third kappa shape index (κ3) is 4.62. The molecule has 0 aromatic heterocycles. The standard InChI is InChI=1S/C29H28O3/c1-4-8-22-15-20-27(21-11-16-24(30-2)17-12-21)29(32-26-9-6-5-7-10-26)28(22)23-13-18-25(31-3)19-14-23/h5-7,9-20H,4,8H2,1-3H3. The molecule has 4 aromatic carbocycles. The minimum Gasteiger partial charge on any atom is -0.497 e. The molecule has 0 saturated carbocycles. The summed E-state index contributed by atoms with van der Waals surface area (Å²) in [5.74, 6) is 3.34. The molecule has 3 nitrogen and oxygen atoms in total. The Morgan fingerprint density at radius 3 is 1.75 bits per heavy atom. The van der Waals surface area contributed by atoms with Crippen LogP contribution < -0.4 is 14.2 Å². The first-order chi connectivity index (χ1) is 15.7. The molecule has 0 N–H and O–H groups in total. The molecule has 0 atom stereocenters. The van der Waals surface area contributed by atoms with E-state index in [0.29, 0.717) is 0 Å². The van der Waals surface area contributed by atoms with Gasteiger partial charge < -0.3 is 14.2 Å². The lowest BCUT2D eigenvalue weighted by Gasteiger charge is -2.20. The Morgan fingerprint density at radius 2 is 1.19 bits per heavy atom. The molecule has 0 bridgehead atoms. The molecule has 0 aliphatic rings. The highest BCUT2D eigenvalue weighted by Crippen LogP contribution is 2.44. The van der Waals surface area contributed by atoms with Gasteiger partial charge in [-0.2, -0.15) is 0 Å². The largest absolute Gasteiger partial charge is 0.497 e. The van der Waals surface area contributed by atoms with Gasteiger partial charge in [-0.25, -0.2) is 0 Å². The van der Waals surface area contributed by atoms with Gasteiger partial charge in [0.25, 0.3) is 0 Å². The SMILES string of the molecule is CCCc1ccc(-c2ccc(OC)cc2)c(Oc2ccccc2)c1-c1ccc(OC)cc1. The third-order valence-corrected chi connectivity index (χ3v) is 5.51. The minimum atomic E-state index is 0.811. The molecule has 0 aliphatic carbocycles. The minimum absolute atomic E-state index is 0.811. The first kappa shape index (κ1) is 21.5. The van der Waals surface area contributed by atoms with Gasteiger partial charge in [0.1, 0.15) is 23.0 Å². The predicted molar refractivity (Wildman–Crippen MR) is 131 cm³/mol. The van der Waals surface area contributed by atoms with E-state index in [0.717, 1.165) is 58.1 Å². The molecule has 0 radical (unpaired) electrons. The molecule has 162 valence electrons. The number of hydrogen-bond donors (Lipinski definition) is 0. The zero-order chi connectivity index (χ0) is 22.3. The van der Waals surface area contributed by atoms with Gasteiger partial charge in [0.15, 0.2) is 0 Å². The lowest BCUT2D eigenvalue weighted by atomic mass is 9.91. The second-order valence-electron chi connectivity index (χ2n) is 7.60. The van der Waals surface area contributed by atoms with Gasteiger partial charge in [0.2, 0.25) is 0 Å². The highest BCUT2D eigenvalue weighted by atomic mass is 16.5. The molecule has 0 aliphatic heterocycles. The summed E-state index contributed by atoms with van der Waals surface area (Å²) in [6.07, 6.45) is 2.02. The average molecular weight is 425 g/mol. The van der Waals surface area contributed by atoms with Crippen LogP contribution in [0.2, 0.25) is 0 Å². The van der Waals surface area contributed by atoms with Crippen molar-refractivity contribution in [3.05, 3.63) is 96.6 Å². The van der Waals surface area contributed by atoms with E-state index >= 15 is 0 Å². The maximum atomic E-state index is 6.59. The summed E-state index contributed by atoms with van der Waals surface area (Å²) in [4.78, 5) is 0. The number of methoxy groups -OCH3 is 2. The van der Waals surface area contributed by atoms with E-state index in [-0.39, 0.29) is 0 Å². The lowest BCUT2D eigenvalue weighted by molar-refractivity contribution is 0.415. The van der Waals surface area contributed by atoms with Crippen LogP contribution >= 0.6 is 0 Å². The fourth-order valence-corrected chi connectivity index (χ4v) is 3.89. The number of ether oxygens (including phenoxy) is 3. The van der Waals surface area contributed by atoms with Crippen LogP contribution in [0.3, 0.4) is 0 Å². The van der Waals surface area contributed by atoms with Crippen LogP contribution in [0.25, 0.3) is 22.3 Å². The van der Waals surface area contributed by atoms with Crippen LogP contribution in [0.1, 0.15) is 18.9 Å². The number of hydrogen-bond acceptors (Lipinski definition) is 3. The maximum Gasteiger partial charge on any atom is 0.143 e. The summed E-state index contributed by atoms with van der Waals surface area (Å²) in [6.45, 7) is 2.20. The molecule has 0 saturated heterocycles. The highest BCUT2D eigenvalue weighted by molar-refractivity contribution is 5.85. The van der Waals surface area contributed by atoms with Crippen molar-refractivity contribution in [2.45, 2.75) is 19.8 Å². The molecule has 0 fully saturated rings. The molecule has 0 amide bonds. The van der Waals surface area contributed by atoms with Crippen molar-refractivity contribution in [1.82, 2.24) is 0 Å². The van der Waals surface area contributed by atoms with Crippen LogP contribution in [0.4, 0.5) is 0 Å². The normalized spacial score (nSPS) is 10.6. The number of aryl methyl sites for hydroxylation is 1. The molecule has 4 aromatic rings. The Kier molecular flexibility index (Phi) is 6.76. The number of rotatable bonds is 8. The summed E-state index contributed by atoms with van der Waals surface area (Å²) in [6, 6.07) is 30.6. The third-order valence-electron chi connectivity index (χ3n) is 5.51. The summed E-state index contributed by atoms with van der Waals surface area (Å²) in [5.41, 5.74) is 5.61. The molecular weight excluding hydrogens is 396 g/mol. The van der Waals surface area contributed by atoms with Crippen molar-refractivity contribution < 1.29 is 14.2 Å².